The molecule has 11 heteroatoms. The number of nitrogens with two attached hydrogens (primary N) is 1. The lowest BCUT2D eigenvalue weighted by molar-refractivity contribution is -0.121. The van der Waals surface area contributed by atoms with Crippen LogP contribution in [0.5, 0.6) is 11.5 Å². The van der Waals surface area contributed by atoms with Gasteiger partial charge < -0.3 is 31.7 Å². The molecule has 3 aliphatic heterocycles. The summed E-state index contributed by atoms with van der Waals surface area (Å²) < 4.78 is 6.00. The molecular weight excluding hydrogens is 528 g/mol. The Morgan fingerprint density at radius 3 is 2.60 bits per heavy atom. The lowest BCUT2D eigenvalue weighted by atomic mass is 9.86. The summed E-state index contributed by atoms with van der Waals surface area (Å²) in [5, 5.41) is 12.6. The fourth-order valence-electron chi connectivity index (χ4n) is 6.29. The number of carbonyl (C=O) groups excluding carboxylic acids is 3. The molecule has 3 fully saturated rings. The van der Waals surface area contributed by atoms with E-state index in [0.717, 1.165) is 49.2 Å². The van der Waals surface area contributed by atoms with Crippen LogP contribution in [0.15, 0.2) is 59.1 Å². The van der Waals surface area contributed by atoms with Crippen LogP contribution in [0, 0.1) is 12.8 Å². The number of aryl methyl sites for hydroxylation is 1. The normalized spacial score (nSPS) is 27.2. The highest BCUT2D eigenvalue weighted by Gasteiger charge is 2.52. The number of thioether (sulfide) groups is 1. The Labute approximate surface area is 237 Å². The van der Waals surface area contributed by atoms with Gasteiger partial charge in [0.15, 0.2) is 0 Å². The van der Waals surface area contributed by atoms with E-state index in [4.69, 9.17) is 10.5 Å². The fourth-order valence-corrected chi connectivity index (χ4v) is 7.69. The summed E-state index contributed by atoms with van der Waals surface area (Å²) in [6.45, 7) is 2.65. The zero-order chi connectivity index (χ0) is 27.8. The summed E-state index contributed by atoms with van der Waals surface area (Å²) in [7, 11) is 0. The number of piperidine rings is 1. The Bertz CT molecular complexity index is 1350. The average Bonchev–Trinajstić information content (AvgIpc) is 3.55. The molecule has 4 aliphatic rings. The number of nitrogens with zero attached hydrogens (tertiary/aromatic N) is 1. The number of hydrogen-bond donors (Lipinski definition) is 5. The van der Waals surface area contributed by atoms with Gasteiger partial charge in [-0.3, -0.25) is 14.5 Å². The third-order valence-electron chi connectivity index (χ3n) is 8.12. The zero-order valence-electron chi connectivity index (χ0n) is 22.3. The van der Waals surface area contributed by atoms with Crippen LogP contribution in [0.3, 0.4) is 0 Å². The van der Waals surface area contributed by atoms with Crippen LogP contribution in [-0.2, 0) is 9.59 Å². The second-order valence-electron chi connectivity index (χ2n) is 10.7. The standard InChI is InChI=1S/C29H34N6O4S/c1-16-14-18(39-17-6-3-2-4-7-17)10-11-21(16)35-22-12-13-31-28-24(22)25(34-29(35)38)26(40-28)27(37)33-20-9-5-8-19(20)32-23(36)15-30/h2-4,6-7,10-11,14,19-20,22,24,28,31H,5,8-9,12-13,15,30H2,1H3,(H,32,36)(H,33,37)(H,34,38)/t19-,20+,22?,24?,28?/m0/s1. The van der Waals surface area contributed by atoms with Gasteiger partial charge in [-0.15, -0.1) is 0 Å². The molecule has 10 nitrogen and oxygen atoms in total. The lowest BCUT2D eigenvalue weighted by Gasteiger charge is -2.46. The van der Waals surface area contributed by atoms with Crippen molar-refractivity contribution >= 4 is 35.3 Å². The first-order chi connectivity index (χ1) is 19.4. The molecule has 1 aliphatic carbocycles. The highest BCUT2D eigenvalue weighted by atomic mass is 32.2. The van der Waals surface area contributed by atoms with Crippen LogP contribution in [0.4, 0.5) is 10.5 Å². The third-order valence-corrected chi connectivity index (χ3v) is 9.47. The molecule has 0 bridgehead atoms. The van der Waals surface area contributed by atoms with E-state index in [0.29, 0.717) is 16.4 Å². The first-order valence-electron chi connectivity index (χ1n) is 13.8. The summed E-state index contributed by atoms with van der Waals surface area (Å²) in [5.74, 6) is 0.975. The molecule has 3 heterocycles. The summed E-state index contributed by atoms with van der Waals surface area (Å²) in [5.41, 5.74) is 7.91. The smallest absolute Gasteiger partial charge is 0.326 e. The molecule has 1 saturated carbocycles. The van der Waals surface area contributed by atoms with Gasteiger partial charge in [-0.2, -0.15) is 0 Å². The van der Waals surface area contributed by atoms with Gasteiger partial charge in [0.2, 0.25) is 5.91 Å². The maximum absolute atomic E-state index is 13.6. The highest BCUT2D eigenvalue weighted by molar-refractivity contribution is 8.04. The van der Waals surface area contributed by atoms with Crippen LogP contribution < -0.4 is 36.6 Å². The minimum atomic E-state index is -0.238. The van der Waals surface area contributed by atoms with Crippen LogP contribution in [0.2, 0.25) is 0 Å². The molecule has 0 spiro atoms. The molecule has 210 valence electrons. The van der Waals surface area contributed by atoms with E-state index in [1.54, 1.807) is 0 Å². The van der Waals surface area contributed by atoms with Gasteiger partial charge in [0.1, 0.15) is 11.5 Å². The minimum Gasteiger partial charge on any atom is -0.457 e. The monoisotopic (exact) mass is 562 g/mol. The third kappa shape index (κ3) is 5.04. The molecule has 2 saturated heterocycles. The molecule has 3 unspecified atom stereocenters. The Morgan fingerprint density at radius 2 is 1.85 bits per heavy atom. The van der Waals surface area contributed by atoms with Crippen molar-refractivity contribution < 1.29 is 19.1 Å². The van der Waals surface area contributed by atoms with Gasteiger partial charge in [-0.1, -0.05) is 30.0 Å². The highest BCUT2D eigenvalue weighted by Crippen LogP contribution is 2.48. The number of urea groups is 1. The van der Waals surface area contributed by atoms with E-state index >= 15 is 0 Å². The number of nitrogens with one attached hydrogen (secondary N) is 4. The van der Waals surface area contributed by atoms with Gasteiger partial charge in [0.25, 0.3) is 5.91 Å². The Morgan fingerprint density at radius 1 is 1.07 bits per heavy atom. The Hall–Kier alpha value is -3.54. The number of anilines is 1. The van der Waals surface area contributed by atoms with Crippen LogP contribution in [0.1, 0.15) is 31.2 Å². The van der Waals surface area contributed by atoms with Gasteiger partial charge in [-0.05, 0) is 75.0 Å². The quantitative estimate of drug-likeness (QED) is 0.350. The molecule has 40 heavy (non-hydrogen) atoms. The molecule has 0 aromatic heterocycles. The van der Waals surface area contributed by atoms with E-state index in [-0.39, 0.29) is 53.8 Å². The second kappa shape index (κ2) is 11.1. The summed E-state index contributed by atoms with van der Waals surface area (Å²) in [4.78, 5) is 41.4. The number of benzene rings is 2. The average molecular weight is 563 g/mol. The number of carbonyl (C=O) groups is 3. The largest absolute Gasteiger partial charge is 0.457 e. The maximum Gasteiger partial charge on any atom is 0.326 e. The summed E-state index contributed by atoms with van der Waals surface area (Å²) >= 11 is 1.48. The Kier molecular flexibility index (Phi) is 7.43. The lowest BCUT2D eigenvalue weighted by Crippen LogP contribution is -2.62. The van der Waals surface area contributed by atoms with Crippen molar-refractivity contribution in [2.24, 2.45) is 11.7 Å². The van der Waals surface area contributed by atoms with Gasteiger partial charge in [0, 0.05) is 29.4 Å². The van der Waals surface area contributed by atoms with Crippen molar-refractivity contribution in [3.63, 3.8) is 0 Å². The minimum absolute atomic E-state index is 0.0186. The molecule has 6 rings (SSSR count). The number of ether oxygens (including phenoxy) is 1. The van der Waals surface area contributed by atoms with E-state index in [1.165, 1.54) is 11.8 Å². The summed E-state index contributed by atoms with van der Waals surface area (Å²) in [6, 6.07) is 14.7. The van der Waals surface area contributed by atoms with Crippen LogP contribution in [-0.4, -0.2) is 54.4 Å². The van der Waals surface area contributed by atoms with E-state index < -0.39 is 0 Å². The molecule has 2 aromatic carbocycles. The predicted octanol–water partition coefficient (Wildman–Crippen LogP) is 2.69. The molecule has 2 aromatic rings. The number of amides is 4. The van der Waals surface area contributed by atoms with E-state index in [9.17, 15) is 14.4 Å². The topological polar surface area (TPSA) is 138 Å². The van der Waals surface area contributed by atoms with Crippen molar-refractivity contribution in [1.29, 1.82) is 0 Å². The van der Waals surface area contributed by atoms with Gasteiger partial charge in [0.05, 0.1) is 22.9 Å². The van der Waals surface area contributed by atoms with E-state index in [1.807, 2.05) is 60.4 Å². The number of hydrogen-bond acceptors (Lipinski definition) is 7. The fraction of sp³-hybridized carbons (Fsp3) is 0.414. The molecule has 0 radical (unpaired) electrons. The van der Waals surface area contributed by atoms with Crippen LogP contribution >= 0.6 is 11.8 Å². The van der Waals surface area contributed by atoms with Gasteiger partial charge in [-0.25, -0.2) is 4.79 Å². The predicted molar refractivity (Wildman–Crippen MR) is 154 cm³/mol. The van der Waals surface area contributed by atoms with Crippen molar-refractivity contribution in [1.82, 2.24) is 21.3 Å². The SMILES string of the molecule is Cc1cc(Oc2ccccc2)ccc1N1C(=O)NC2=C(C(=O)N[C@@H]3CCC[C@@H]3NC(=O)CN)SC3NCCC1C23. The van der Waals surface area contributed by atoms with Crippen molar-refractivity contribution in [2.45, 2.75) is 56.1 Å². The number of rotatable bonds is 7. The molecule has 5 atom stereocenters. The maximum atomic E-state index is 13.6. The van der Waals surface area contributed by atoms with E-state index in [2.05, 4.69) is 21.3 Å². The van der Waals surface area contributed by atoms with Crippen molar-refractivity contribution in [3.05, 3.63) is 64.7 Å². The van der Waals surface area contributed by atoms with Crippen molar-refractivity contribution in [3.8, 4) is 11.5 Å². The number of para-hydroxylation sites is 1. The zero-order valence-corrected chi connectivity index (χ0v) is 23.1. The molecular formula is C29H34N6O4S. The summed E-state index contributed by atoms with van der Waals surface area (Å²) in [6.07, 6.45) is 3.26. The second-order valence-corrected chi connectivity index (χ2v) is 11.8. The Balaban J connectivity index is 1.22. The molecule has 6 N–H and O–H groups in total. The van der Waals surface area contributed by atoms with Crippen LogP contribution in [0.25, 0.3) is 0 Å². The molecule has 4 amide bonds. The van der Waals surface area contributed by atoms with Crippen molar-refractivity contribution in [2.75, 3.05) is 18.0 Å². The first kappa shape index (κ1) is 26.7. The first-order valence-corrected chi connectivity index (χ1v) is 14.7. The van der Waals surface area contributed by atoms with Gasteiger partial charge >= 0.3 is 6.03 Å².